The molecule has 0 aromatic heterocycles. The van der Waals surface area contributed by atoms with Crippen LogP contribution in [-0.4, -0.2) is 11.1 Å². The molecule has 0 atom stereocenters. The van der Waals surface area contributed by atoms with Crippen molar-refractivity contribution in [3.05, 3.63) is 27.8 Å². The van der Waals surface area contributed by atoms with Crippen LogP contribution in [0.25, 0.3) is 0 Å². The molecule has 3 N–H and O–H groups in total. The molecule has 78 valence electrons. The third-order valence-corrected chi connectivity index (χ3v) is 2.67. The van der Waals surface area contributed by atoms with Crippen LogP contribution in [0.1, 0.15) is 32.6 Å². The Morgan fingerprint density at radius 1 is 1.27 bits per heavy atom. The van der Waals surface area contributed by atoms with Crippen molar-refractivity contribution < 1.29 is 9.90 Å². The highest BCUT2D eigenvalue weighted by Crippen LogP contribution is 2.28. The highest BCUT2D eigenvalue weighted by molar-refractivity contribution is 5.94. The van der Waals surface area contributed by atoms with E-state index < -0.39 is 5.97 Å². The molecule has 0 amide bonds. The Hall–Kier alpha value is -1.95. The molecule has 0 fully saturated rings. The minimum absolute atomic E-state index is 0.214. The van der Waals surface area contributed by atoms with Gasteiger partial charge < -0.3 is 10.8 Å². The van der Waals surface area contributed by atoms with Crippen LogP contribution in [0, 0.1) is 33.1 Å². The van der Waals surface area contributed by atoms with E-state index in [4.69, 9.17) is 17.3 Å². The minimum Gasteiger partial charge on any atom is -0.478 e. The average Bonchev–Trinajstić information content (AvgIpc) is 2.15. The molecular weight excluding hydrogens is 190 g/mol. The monoisotopic (exact) mass is 203 g/mol. The van der Waals surface area contributed by atoms with Gasteiger partial charge in [-0.3, -0.25) is 0 Å². The molecule has 0 radical (unpaired) electrons. The van der Waals surface area contributed by atoms with Crippen molar-refractivity contribution in [3.63, 3.8) is 0 Å². The Morgan fingerprint density at radius 2 is 1.80 bits per heavy atom. The number of anilines is 1. The lowest BCUT2D eigenvalue weighted by molar-refractivity contribution is 0.0695. The SMILES string of the molecule is C#Cc1c(C)c(N)c(C)c(C(=O)O)c1C. The van der Waals surface area contributed by atoms with E-state index in [1.165, 1.54) is 0 Å². The summed E-state index contributed by atoms with van der Waals surface area (Å²) in [5.74, 6) is 1.49. The Bertz CT molecular complexity index is 482. The van der Waals surface area contributed by atoms with Gasteiger partial charge in [0.25, 0.3) is 0 Å². The van der Waals surface area contributed by atoms with Crippen LogP contribution in [0.3, 0.4) is 0 Å². The lowest BCUT2D eigenvalue weighted by Crippen LogP contribution is -2.10. The van der Waals surface area contributed by atoms with Crippen LogP contribution in [0.2, 0.25) is 0 Å². The van der Waals surface area contributed by atoms with Crippen molar-refractivity contribution in [2.75, 3.05) is 5.73 Å². The first-order chi connectivity index (χ1) is 6.91. The van der Waals surface area contributed by atoms with Crippen LogP contribution in [0.15, 0.2) is 0 Å². The number of terminal acetylenes is 1. The lowest BCUT2D eigenvalue weighted by Gasteiger charge is -2.14. The molecule has 3 nitrogen and oxygen atoms in total. The Labute approximate surface area is 88.9 Å². The van der Waals surface area contributed by atoms with Gasteiger partial charge in [0.2, 0.25) is 0 Å². The van der Waals surface area contributed by atoms with E-state index in [1.54, 1.807) is 20.8 Å². The summed E-state index contributed by atoms with van der Waals surface area (Å²) in [6, 6.07) is 0. The Balaban J connectivity index is 3.78. The van der Waals surface area contributed by atoms with Crippen molar-refractivity contribution in [1.82, 2.24) is 0 Å². The fraction of sp³-hybridized carbons (Fsp3) is 0.250. The van der Waals surface area contributed by atoms with E-state index in [0.29, 0.717) is 22.4 Å². The fourth-order valence-electron chi connectivity index (χ4n) is 1.78. The lowest BCUT2D eigenvalue weighted by atomic mass is 9.92. The molecule has 0 aliphatic carbocycles. The number of nitrogen functional groups attached to an aromatic ring is 1. The summed E-state index contributed by atoms with van der Waals surface area (Å²) in [6.07, 6.45) is 5.34. The maximum Gasteiger partial charge on any atom is 0.336 e. The quantitative estimate of drug-likeness (QED) is 0.541. The van der Waals surface area contributed by atoms with Crippen molar-refractivity contribution >= 4 is 11.7 Å². The number of rotatable bonds is 1. The van der Waals surface area contributed by atoms with Crippen LogP contribution < -0.4 is 5.73 Å². The zero-order chi connectivity index (χ0) is 11.7. The summed E-state index contributed by atoms with van der Waals surface area (Å²) in [6.45, 7) is 5.20. The smallest absolute Gasteiger partial charge is 0.336 e. The van der Waals surface area contributed by atoms with Crippen molar-refractivity contribution in [2.24, 2.45) is 0 Å². The predicted octanol–water partition coefficient (Wildman–Crippen LogP) is 1.87. The molecule has 0 unspecified atom stereocenters. The highest BCUT2D eigenvalue weighted by atomic mass is 16.4. The largest absolute Gasteiger partial charge is 0.478 e. The number of carboxylic acid groups (broad SMARTS) is 1. The van der Waals surface area contributed by atoms with Gasteiger partial charge in [-0.25, -0.2) is 4.79 Å². The zero-order valence-electron chi connectivity index (χ0n) is 9.01. The number of aromatic carboxylic acids is 1. The number of benzene rings is 1. The highest BCUT2D eigenvalue weighted by Gasteiger charge is 2.18. The molecule has 1 aromatic rings. The van der Waals surface area contributed by atoms with Gasteiger partial charge >= 0.3 is 5.97 Å². The van der Waals surface area contributed by atoms with Crippen molar-refractivity contribution in [1.29, 1.82) is 0 Å². The third kappa shape index (κ3) is 1.55. The van der Waals surface area contributed by atoms with Gasteiger partial charge in [-0.15, -0.1) is 6.42 Å². The van der Waals surface area contributed by atoms with E-state index in [-0.39, 0.29) is 5.56 Å². The molecule has 0 saturated heterocycles. The Morgan fingerprint density at radius 3 is 2.20 bits per heavy atom. The number of carbonyl (C=O) groups is 1. The van der Waals surface area contributed by atoms with Crippen LogP contribution in [0.4, 0.5) is 5.69 Å². The predicted molar refractivity (Wildman–Crippen MR) is 60.0 cm³/mol. The third-order valence-electron chi connectivity index (χ3n) is 2.67. The van der Waals surface area contributed by atoms with Gasteiger partial charge in [-0.05, 0) is 37.5 Å². The van der Waals surface area contributed by atoms with E-state index >= 15 is 0 Å². The average molecular weight is 203 g/mol. The zero-order valence-corrected chi connectivity index (χ0v) is 9.01. The molecule has 0 aliphatic heterocycles. The molecule has 0 heterocycles. The molecule has 0 saturated carbocycles. The van der Waals surface area contributed by atoms with Crippen LogP contribution in [0.5, 0.6) is 0 Å². The first-order valence-electron chi connectivity index (χ1n) is 4.51. The van der Waals surface area contributed by atoms with E-state index in [1.807, 2.05) is 0 Å². The maximum atomic E-state index is 11.1. The summed E-state index contributed by atoms with van der Waals surface area (Å²) < 4.78 is 0. The van der Waals surface area contributed by atoms with Crippen LogP contribution >= 0.6 is 0 Å². The summed E-state index contributed by atoms with van der Waals surface area (Å²) in [4.78, 5) is 11.1. The molecule has 3 heteroatoms. The second kappa shape index (κ2) is 3.66. The summed E-state index contributed by atoms with van der Waals surface area (Å²) in [7, 11) is 0. The molecule has 0 bridgehead atoms. The fourth-order valence-corrected chi connectivity index (χ4v) is 1.78. The summed E-state index contributed by atoms with van der Waals surface area (Å²) >= 11 is 0. The normalized spacial score (nSPS) is 9.73. The summed E-state index contributed by atoms with van der Waals surface area (Å²) in [5.41, 5.74) is 9.03. The van der Waals surface area contributed by atoms with E-state index in [9.17, 15) is 4.79 Å². The maximum absolute atomic E-state index is 11.1. The number of hydrogen-bond donors (Lipinski definition) is 2. The van der Waals surface area contributed by atoms with Gasteiger partial charge in [-0.1, -0.05) is 5.92 Å². The molecule has 1 rings (SSSR count). The minimum atomic E-state index is -0.992. The molecule has 0 spiro atoms. The molecular formula is C12H13NO2. The van der Waals surface area contributed by atoms with Crippen LogP contribution in [-0.2, 0) is 0 Å². The number of nitrogens with two attached hydrogens (primary N) is 1. The second-order valence-corrected chi connectivity index (χ2v) is 3.49. The van der Waals surface area contributed by atoms with E-state index in [0.717, 1.165) is 5.56 Å². The molecule has 0 aliphatic rings. The van der Waals surface area contributed by atoms with Gasteiger partial charge in [0.05, 0.1) is 5.56 Å². The van der Waals surface area contributed by atoms with Crippen molar-refractivity contribution in [2.45, 2.75) is 20.8 Å². The second-order valence-electron chi connectivity index (χ2n) is 3.49. The molecule has 1 aromatic carbocycles. The van der Waals surface area contributed by atoms with E-state index in [2.05, 4.69) is 5.92 Å². The Kier molecular flexibility index (Phi) is 2.71. The van der Waals surface area contributed by atoms with Gasteiger partial charge in [0, 0.05) is 11.3 Å². The molecule has 15 heavy (non-hydrogen) atoms. The number of hydrogen-bond acceptors (Lipinski definition) is 2. The van der Waals surface area contributed by atoms with Gasteiger partial charge in [0.1, 0.15) is 0 Å². The van der Waals surface area contributed by atoms with Gasteiger partial charge in [-0.2, -0.15) is 0 Å². The first-order valence-corrected chi connectivity index (χ1v) is 4.51. The first kappa shape index (κ1) is 11.1. The standard InChI is InChI=1S/C12H13NO2/c1-5-9-6(2)10(12(14)15)8(4)11(13)7(9)3/h1H,13H2,2-4H3,(H,14,15). The number of carboxylic acids is 1. The van der Waals surface area contributed by atoms with Crippen molar-refractivity contribution in [3.8, 4) is 12.3 Å². The summed E-state index contributed by atoms with van der Waals surface area (Å²) in [5, 5.41) is 9.06. The van der Waals surface area contributed by atoms with Gasteiger partial charge in [0.15, 0.2) is 0 Å². The topological polar surface area (TPSA) is 63.3 Å².